The monoisotopic (exact) mass is 325 g/mol. The molecule has 2 aliphatic rings. The largest absolute Gasteiger partial charge is 0.348 e. The molecule has 0 amide bonds. The Morgan fingerprint density at radius 3 is 3.00 bits per heavy atom. The minimum absolute atomic E-state index is 0.277. The second kappa shape index (κ2) is 5.20. The van der Waals surface area contributed by atoms with Crippen LogP contribution in [0.1, 0.15) is 12.0 Å². The molecule has 5 heterocycles. The molecule has 2 aliphatic heterocycles. The van der Waals surface area contributed by atoms with Crippen LogP contribution in [-0.4, -0.2) is 54.6 Å². The highest BCUT2D eigenvalue weighted by Crippen LogP contribution is 2.35. The Balaban J connectivity index is 1.36. The number of halogens is 1. The maximum Gasteiger partial charge on any atom is 0.203 e. The summed E-state index contributed by atoms with van der Waals surface area (Å²) in [7, 11) is 0. The van der Waals surface area contributed by atoms with Crippen LogP contribution < -0.4 is 4.90 Å². The van der Waals surface area contributed by atoms with Gasteiger partial charge in [0.15, 0.2) is 5.82 Å². The number of hydrogen-bond acceptors (Lipinski definition) is 6. The number of anilines is 1. The molecule has 8 heteroatoms. The van der Waals surface area contributed by atoms with E-state index >= 15 is 0 Å². The lowest BCUT2D eigenvalue weighted by molar-refractivity contribution is 0.229. The van der Waals surface area contributed by atoms with Crippen molar-refractivity contribution in [3.63, 3.8) is 0 Å². The lowest BCUT2D eigenvalue weighted by Crippen LogP contribution is -2.46. The van der Waals surface area contributed by atoms with Crippen molar-refractivity contribution in [3.8, 4) is 0 Å². The van der Waals surface area contributed by atoms with Gasteiger partial charge in [0, 0.05) is 50.3 Å². The van der Waals surface area contributed by atoms with Gasteiger partial charge in [-0.25, -0.2) is 9.37 Å². The van der Waals surface area contributed by atoms with Crippen molar-refractivity contribution in [3.05, 3.63) is 48.6 Å². The summed E-state index contributed by atoms with van der Waals surface area (Å²) >= 11 is 0. The maximum absolute atomic E-state index is 13.3. The van der Waals surface area contributed by atoms with Gasteiger partial charge in [0.25, 0.3) is 0 Å². The summed E-state index contributed by atoms with van der Waals surface area (Å²) in [6, 6.07) is 2.42. The van der Waals surface area contributed by atoms with Gasteiger partial charge in [0.05, 0.1) is 6.20 Å². The van der Waals surface area contributed by atoms with E-state index in [9.17, 15) is 4.39 Å². The van der Waals surface area contributed by atoms with Crippen LogP contribution in [0.2, 0.25) is 0 Å². The van der Waals surface area contributed by atoms with Crippen LogP contribution in [0.25, 0.3) is 5.65 Å². The zero-order chi connectivity index (χ0) is 16.1. The summed E-state index contributed by atoms with van der Waals surface area (Å²) in [5, 5.41) is 8.16. The highest BCUT2D eigenvalue weighted by atomic mass is 19.1. The topological polar surface area (TPSA) is 62.5 Å². The van der Waals surface area contributed by atoms with E-state index in [1.165, 1.54) is 6.20 Å². The van der Waals surface area contributed by atoms with Crippen LogP contribution in [0.4, 0.5) is 10.2 Å². The molecule has 2 bridgehead atoms. The van der Waals surface area contributed by atoms with Gasteiger partial charge in [-0.15, -0.1) is 10.2 Å². The zero-order valence-corrected chi connectivity index (χ0v) is 13.0. The van der Waals surface area contributed by atoms with Crippen molar-refractivity contribution in [1.82, 2.24) is 29.5 Å². The summed E-state index contributed by atoms with van der Waals surface area (Å²) in [4.78, 5) is 13.2. The molecule has 0 spiro atoms. The fourth-order valence-corrected chi connectivity index (χ4v) is 3.93. The molecule has 2 saturated heterocycles. The molecule has 0 radical (unpaired) electrons. The minimum atomic E-state index is -0.277. The molecule has 0 aromatic carbocycles. The Morgan fingerprint density at radius 2 is 2.17 bits per heavy atom. The molecule has 24 heavy (non-hydrogen) atoms. The van der Waals surface area contributed by atoms with Crippen LogP contribution in [0.3, 0.4) is 0 Å². The van der Waals surface area contributed by atoms with Crippen LogP contribution in [-0.2, 0) is 6.54 Å². The number of likely N-dealkylation sites (tertiary alicyclic amines) is 1. The SMILES string of the molecule is Fc1cncc(CN2CC3CC2CN3c2nccn3cnnc23)c1. The average molecular weight is 325 g/mol. The van der Waals surface area contributed by atoms with E-state index in [1.807, 2.05) is 10.6 Å². The molecule has 0 saturated carbocycles. The summed E-state index contributed by atoms with van der Waals surface area (Å²) in [5.74, 6) is 0.621. The van der Waals surface area contributed by atoms with Crippen molar-refractivity contribution in [2.24, 2.45) is 0 Å². The van der Waals surface area contributed by atoms with Gasteiger partial charge in [-0.1, -0.05) is 0 Å². The van der Waals surface area contributed by atoms with Crippen molar-refractivity contribution < 1.29 is 4.39 Å². The highest BCUT2D eigenvalue weighted by molar-refractivity contribution is 5.64. The Kier molecular flexibility index (Phi) is 2.99. The van der Waals surface area contributed by atoms with E-state index in [1.54, 1.807) is 24.8 Å². The first kappa shape index (κ1) is 13.8. The first-order valence-corrected chi connectivity index (χ1v) is 8.02. The van der Waals surface area contributed by atoms with Crippen molar-refractivity contribution >= 4 is 11.5 Å². The van der Waals surface area contributed by atoms with Crippen molar-refractivity contribution in [2.75, 3.05) is 18.0 Å². The summed E-state index contributed by atoms with van der Waals surface area (Å²) in [6.07, 6.45) is 9.42. The molecule has 3 aromatic heterocycles. The summed E-state index contributed by atoms with van der Waals surface area (Å²) in [5.41, 5.74) is 1.72. The van der Waals surface area contributed by atoms with Gasteiger partial charge in [-0.3, -0.25) is 14.3 Å². The molecule has 5 rings (SSSR count). The third kappa shape index (κ3) is 2.14. The van der Waals surface area contributed by atoms with E-state index in [0.717, 1.165) is 43.1 Å². The number of nitrogens with zero attached hydrogens (tertiary/aromatic N) is 7. The number of pyridine rings is 1. The fraction of sp³-hybridized carbons (Fsp3) is 0.375. The first-order chi connectivity index (χ1) is 11.8. The fourth-order valence-electron chi connectivity index (χ4n) is 3.93. The molecule has 2 fully saturated rings. The Labute approximate surface area is 137 Å². The third-order valence-electron chi connectivity index (χ3n) is 4.97. The molecular weight excluding hydrogens is 309 g/mol. The van der Waals surface area contributed by atoms with Gasteiger partial charge in [0.2, 0.25) is 5.65 Å². The lowest BCUT2D eigenvalue weighted by atomic mass is 10.2. The normalized spacial score (nSPS) is 23.5. The summed E-state index contributed by atoms with van der Waals surface area (Å²) in [6.45, 7) is 2.59. The second-order valence-corrected chi connectivity index (χ2v) is 6.45. The van der Waals surface area contributed by atoms with Gasteiger partial charge in [-0.05, 0) is 18.1 Å². The first-order valence-electron chi connectivity index (χ1n) is 8.02. The third-order valence-corrected chi connectivity index (χ3v) is 4.97. The van der Waals surface area contributed by atoms with E-state index in [0.29, 0.717) is 12.1 Å². The maximum atomic E-state index is 13.3. The minimum Gasteiger partial charge on any atom is -0.348 e. The number of aromatic nitrogens is 5. The van der Waals surface area contributed by atoms with E-state index in [-0.39, 0.29) is 5.82 Å². The smallest absolute Gasteiger partial charge is 0.203 e. The number of piperazine rings is 1. The average Bonchev–Trinajstić information content (AvgIpc) is 3.29. The van der Waals surface area contributed by atoms with E-state index in [2.05, 4.69) is 30.0 Å². The predicted molar refractivity (Wildman–Crippen MR) is 84.9 cm³/mol. The van der Waals surface area contributed by atoms with Crippen LogP contribution in [0.15, 0.2) is 37.2 Å². The van der Waals surface area contributed by atoms with Crippen LogP contribution in [0, 0.1) is 5.82 Å². The van der Waals surface area contributed by atoms with E-state index in [4.69, 9.17) is 0 Å². The van der Waals surface area contributed by atoms with Crippen LogP contribution >= 0.6 is 0 Å². The Bertz CT molecular complexity index is 895. The lowest BCUT2D eigenvalue weighted by Gasteiger charge is -2.34. The molecule has 3 aromatic rings. The standard InChI is InChI=1S/C16H16FN7/c17-12-3-11(5-18-6-12)7-23-8-14-4-13(23)9-24(14)15-16-21-20-10-22(16)2-1-19-15/h1-3,5-6,10,13-14H,4,7-9H2. The molecule has 2 unspecified atom stereocenters. The number of rotatable bonds is 3. The zero-order valence-electron chi connectivity index (χ0n) is 13.0. The number of fused-ring (bicyclic) bond motifs is 3. The van der Waals surface area contributed by atoms with Gasteiger partial charge < -0.3 is 4.90 Å². The van der Waals surface area contributed by atoms with Crippen molar-refractivity contribution in [2.45, 2.75) is 25.0 Å². The second-order valence-electron chi connectivity index (χ2n) is 6.45. The van der Waals surface area contributed by atoms with Crippen molar-refractivity contribution in [1.29, 1.82) is 0 Å². The molecule has 0 aliphatic carbocycles. The predicted octanol–water partition coefficient (Wildman–Crippen LogP) is 1.12. The Hall–Kier alpha value is -2.61. The molecule has 0 N–H and O–H groups in total. The van der Waals surface area contributed by atoms with Gasteiger partial charge in [-0.2, -0.15) is 0 Å². The molecule has 2 atom stereocenters. The van der Waals surface area contributed by atoms with Gasteiger partial charge >= 0.3 is 0 Å². The summed E-state index contributed by atoms with van der Waals surface area (Å²) < 4.78 is 15.2. The Morgan fingerprint density at radius 1 is 1.21 bits per heavy atom. The quantitative estimate of drug-likeness (QED) is 0.719. The number of hydrogen-bond donors (Lipinski definition) is 0. The van der Waals surface area contributed by atoms with Crippen LogP contribution in [0.5, 0.6) is 0 Å². The van der Waals surface area contributed by atoms with Gasteiger partial charge in [0.1, 0.15) is 12.1 Å². The molecule has 7 nitrogen and oxygen atoms in total. The highest BCUT2D eigenvalue weighted by Gasteiger charge is 2.44. The molecule has 122 valence electrons. The van der Waals surface area contributed by atoms with E-state index < -0.39 is 0 Å². The molecular formula is C16H16FN7.